The van der Waals surface area contributed by atoms with Crippen molar-refractivity contribution in [3.63, 3.8) is 0 Å². The molecule has 1 saturated heterocycles. The van der Waals surface area contributed by atoms with Gasteiger partial charge in [0.25, 0.3) is 5.91 Å². The van der Waals surface area contributed by atoms with Crippen molar-refractivity contribution < 1.29 is 17.9 Å². The molecule has 1 aliphatic heterocycles. The van der Waals surface area contributed by atoms with Crippen molar-refractivity contribution in [2.75, 3.05) is 19.7 Å². The summed E-state index contributed by atoms with van der Waals surface area (Å²) in [5, 5.41) is 4.19. The maximum Gasteiger partial charge on any atom is 0.285 e. The summed E-state index contributed by atoms with van der Waals surface area (Å²) in [6.45, 7) is 4.05. The topological polar surface area (TPSA) is 81.5 Å². The lowest BCUT2D eigenvalue weighted by Crippen LogP contribution is -2.32. The van der Waals surface area contributed by atoms with Gasteiger partial charge in [0.05, 0.1) is 11.4 Å². The van der Waals surface area contributed by atoms with Crippen LogP contribution in [-0.2, 0) is 10.0 Å². The minimum Gasteiger partial charge on any atom is -0.484 e. The van der Waals surface area contributed by atoms with Crippen molar-refractivity contribution in [3.8, 4) is 5.75 Å². The second kappa shape index (κ2) is 8.22. The Labute approximate surface area is 160 Å². The van der Waals surface area contributed by atoms with E-state index in [9.17, 15) is 13.2 Å². The van der Waals surface area contributed by atoms with Crippen LogP contribution in [0, 0.1) is 13.8 Å². The molecule has 1 fully saturated rings. The Balaban J connectivity index is 1.82. The third kappa shape index (κ3) is 4.22. The zero-order valence-corrected chi connectivity index (χ0v) is 16.5. The molecule has 0 radical (unpaired) electrons. The number of hydrogen-bond donors (Lipinski definition) is 0. The van der Waals surface area contributed by atoms with Crippen LogP contribution in [0.2, 0.25) is 0 Å². The molecule has 0 aliphatic carbocycles. The van der Waals surface area contributed by atoms with Gasteiger partial charge in [-0.2, -0.15) is 9.40 Å². The number of nitrogens with zero attached hydrogens (tertiary/aromatic N) is 3. The summed E-state index contributed by atoms with van der Waals surface area (Å²) in [7, 11) is -3.67. The highest BCUT2D eigenvalue weighted by Gasteiger charge is 2.32. The minimum atomic E-state index is -3.67. The fourth-order valence-corrected chi connectivity index (χ4v) is 5.25. The molecule has 3 rings (SSSR count). The standard InChI is InChI=1S/C19H25N3O4S/c1-15-19(27(24,25)21-12-8-3-4-9-13-21)16(2)22(20-15)18(23)14-26-17-10-6-5-7-11-17/h5-7,10-11H,3-4,8-9,12-14H2,1-2H3. The Hall–Kier alpha value is -2.19. The predicted molar refractivity (Wildman–Crippen MR) is 101 cm³/mol. The van der Waals surface area contributed by atoms with Gasteiger partial charge in [0, 0.05) is 13.1 Å². The number of sulfonamides is 1. The molecule has 0 saturated carbocycles. The summed E-state index contributed by atoms with van der Waals surface area (Å²) in [5.74, 6) is 0.168. The van der Waals surface area contributed by atoms with Crippen LogP contribution in [0.3, 0.4) is 0 Å². The normalized spacial score (nSPS) is 16.1. The maximum absolute atomic E-state index is 13.1. The molecule has 2 heterocycles. The number of hydrogen-bond acceptors (Lipinski definition) is 5. The summed E-state index contributed by atoms with van der Waals surface area (Å²) in [6.07, 6.45) is 3.79. The highest BCUT2D eigenvalue weighted by molar-refractivity contribution is 7.89. The monoisotopic (exact) mass is 391 g/mol. The molecule has 0 unspecified atom stereocenters. The van der Waals surface area contributed by atoms with E-state index in [2.05, 4.69) is 5.10 Å². The summed E-state index contributed by atoms with van der Waals surface area (Å²) in [4.78, 5) is 12.7. The molecular weight excluding hydrogens is 366 g/mol. The van der Waals surface area contributed by atoms with Gasteiger partial charge >= 0.3 is 0 Å². The van der Waals surface area contributed by atoms with Crippen molar-refractivity contribution in [2.45, 2.75) is 44.4 Å². The molecule has 0 amide bonds. The van der Waals surface area contributed by atoms with Gasteiger partial charge in [-0.25, -0.2) is 13.1 Å². The molecule has 0 spiro atoms. The Bertz CT molecular complexity index is 899. The SMILES string of the molecule is Cc1nn(C(=O)COc2ccccc2)c(C)c1S(=O)(=O)N1CCCCCC1. The van der Waals surface area contributed by atoms with Gasteiger partial charge in [0.1, 0.15) is 10.6 Å². The number of carbonyl (C=O) groups excluding carboxylic acids is 1. The van der Waals surface area contributed by atoms with E-state index < -0.39 is 15.9 Å². The van der Waals surface area contributed by atoms with E-state index in [0.29, 0.717) is 30.2 Å². The Morgan fingerprint density at radius 3 is 2.33 bits per heavy atom. The van der Waals surface area contributed by atoms with E-state index in [1.165, 1.54) is 4.31 Å². The zero-order chi connectivity index (χ0) is 19.4. The zero-order valence-electron chi connectivity index (χ0n) is 15.7. The fraction of sp³-hybridized carbons (Fsp3) is 0.474. The lowest BCUT2D eigenvalue weighted by molar-refractivity contribution is 0.0818. The van der Waals surface area contributed by atoms with E-state index in [0.717, 1.165) is 30.4 Å². The smallest absolute Gasteiger partial charge is 0.285 e. The summed E-state index contributed by atoms with van der Waals surface area (Å²) < 4.78 is 34.4. The van der Waals surface area contributed by atoms with E-state index in [-0.39, 0.29) is 11.5 Å². The van der Waals surface area contributed by atoms with Crippen LogP contribution >= 0.6 is 0 Å². The Kier molecular flexibility index (Phi) is 5.96. The highest BCUT2D eigenvalue weighted by Crippen LogP contribution is 2.25. The number of rotatable bonds is 5. The average Bonchev–Trinajstić information content (AvgIpc) is 2.83. The number of aryl methyl sites for hydroxylation is 1. The molecule has 0 N–H and O–H groups in total. The summed E-state index contributed by atoms with van der Waals surface area (Å²) in [5.41, 5.74) is 0.670. The molecule has 1 aromatic heterocycles. The third-order valence-corrected chi connectivity index (χ3v) is 6.88. The number of benzene rings is 1. The van der Waals surface area contributed by atoms with Crippen LogP contribution in [0.4, 0.5) is 0 Å². The van der Waals surface area contributed by atoms with Crippen LogP contribution in [-0.4, -0.2) is 48.1 Å². The molecule has 7 nitrogen and oxygen atoms in total. The third-order valence-electron chi connectivity index (χ3n) is 4.73. The van der Waals surface area contributed by atoms with Crippen LogP contribution in [0.1, 0.15) is 41.9 Å². The van der Waals surface area contributed by atoms with Gasteiger partial charge in [-0.15, -0.1) is 0 Å². The molecule has 2 aromatic rings. The number of ether oxygens (including phenoxy) is 1. The van der Waals surface area contributed by atoms with E-state index in [1.807, 2.05) is 18.2 Å². The van der Waals surface area contributed by atoms with Crippen molar-refractivity contribution >= 4 is 15.9 Å². The van der Waals surface area contributed by atoms with E-state index >= 15 is 0 Å². The molecule has 0 bridgehead atoms. The largest absolute Gasteiger partial charge is 0.484 e. The second-order valence-electron chi connectivity index (χ2n) is 6.73. The second-order valence-corrected chi connectivity index (χ2v) is 8.60. The molecule has 8 heteroatoms. The fourth-order valence-electron chi connectivity index (χ4n) is 3.38. The first-order valence-corrected chi connectivity index (χ1v) is 10.6. The lowest BCUT2D eigenvalue weighted by Gasteiger charge is -2.20. The van der Waals surface area contributed by atoms with E-state index in [4.69, 9.17) is 4.74 Å². The van der Waals surface area contributed by atoms with Crippen LogP contribution in [0.5, 0.6) is 5.75 Å². The maximum atomic E-state index is 13.1. The quantitative estimate of drug-likeness (QED) is 0.783. The van der Waals surface area contributed by atoms with E-state index in [1.54, 1.807) is 26.0 Å². The first kappa shape index (κ1) is 19.6. The lowest BCUT2D eigenvalue weighted by atomic mass is 10.2. The van der Waals surface area contributed by atoms with Gasteiger partial charge in [-0.1, -0.05) is 31.0 Å². The van der Waals surface area contributed by atoms with Gasteiger partial charge in [0.15, 0.2) is 6.61 Å². The molecule has 1 aromatic carbocycles. The highest BCUT2D eigenvalue weighted by atomic mass is 32.2. The van der Waals surface area contributed by atoms with Gasteiger partial charge in [-0.3, -0.25) is 4.79 Å². The molecule has 146 valence electrons. The van der Waals surface area contributed by atoms with Crippen LogP contribution < -0.4 is 4.74 Å². The molecular formula is C19H25N3O4S. The van der Waals surface area contributed by atoms with Crippen molar-refractivity contribution in [3.05, 3.63) is 41.7 Å². The number of para-hydroxylation sites is 1. The van der Waals surface area contributed by atoms with Crippen LogP contribution in [0.15, 0.2) is 35.2 Å². The summed E-state index contributed by atoms with van der Waals surface area (Å²) in [6, 6.07) is 8.99. The number of carbonyl (C=O) groups is 1. The van der Waals surface area contributed by atoms with Crippen molar-refractivity contribution in [2.24, 2.45) is 0 Å². The van der Waals surface area contributed by atoms with Crippen molar-refractivity contribution in [1.29, 1.82) is 0 Å². The Morgan fingerprint density at radius 1 is 1.07 bits per heavy atom. The summed E-state index contributed by atoms with van der Waals surface area (Å²) >= 11 is 0. The minimum absolute atomic E-state index is 0.137. The molecule has 0 atom stereocenters. The van der Waals surface area contributed by atoms with Gasteiger partial charge in [0.2, 0.25) is 10.0 Å². The average molecular weight is 391 g/mol. The Morgan fingerprint density at radius 2 is 1.70 bits per heavy atom. The van der Waals surface area contributed by atoms with Gasteiger partial charge < -0.3 is 4.74 Å². The van der Waals surface area contributed by atoms with Crippen LogP contribution in [0.25, 0.3) is 0 Å². The predicted octanol–water partition coefficient (Wildman–Crippen LogP) is 2.78. The number of aromatic nitrogens is 2. The van der Waals surface area contributed by atoms with Crippen molar-refractivity contribution in [1.82, 2.24) is 14.1 Å². The molecule has 1 aliphatic rings. The van der Waals surface area contributed by atoms with Gasteiger partial charge in [-0.05, 0) is 38.8 Å². The molecule has 27 heavy (non-hydrogen) atoms. The first-order chi connectivity index (χ1) is 12.9. The first-order valence-electron chi connectivity index (χ1n) is 9.18.